The molecule has 4 rings (SSSR count). The van der Waals surface area contributed by atoms with E-state index in [1.807, 2.05) is 0 Å². The first-order chi connectivity index (χ1) is 16.1. The predicted octanol–water partition coefficient (Wildman–Crippen LogP) is 4.66. The molecule has 0 radical (unpaired) electrons. The van der Waals surface area contributed by atoms with E-state index in [0.717, 1.165) is 23.6 Å². The third-order valence-corrected chi connectivity index (χ3v) is 5.16. The van der Waals surface area contributed by atoms with Gasteiger partial charge in [0.2, 0.25) is 5.88 Å². The molecule has 8 nitrogen and oxygen atoms in total. The van der Waals surface area contributed by atoms with Crippen molar-refractivity contribution in [2.24, 2.45) is 0 Å². The molecule has 2 N–H and O–H groups in total. The molecule has 0 bridgehead atoms. The van der Waals surface area contributed by atoms with Gasteiger partial charge in [-0.2, -0.15) is 13.2 Å². The summed E-state index contributed by atoms with van der Waals surface area (Å²) in [6, 6.07) is 8.42. The minimum atomic E-state index is -4.61. The lowest BCUT2D eigenvalue weighted by molar-refractivity contribution is -0.154. The normalized spacial score (nSPS) is 13.4. The van der Waals surface area contributed by atoms with Crippen molar-refractivity contribution in [1.29, 1.82) is 0 Å². The van der Waals surface area contributed by atoms with Crippen molar-refractivity contribution in [2.75, 3.05) is 11.9 Å². The van der Waals surface area contributed by atoms with Crippen LogP contribution in [0.3, 0.4) is 0 Å². The summed E-state index contributed by atoms with van der Waals surface area (Å²) >= 11 is 12.2. The molecule has 2 heterocycles. The number of halogens is 5. The maximum Gasteiger partial charge on any atom is 0.422 e. The van der Waals surface area contributed by atoms with Gasteiger partial charge in [-0.3, -0.25) is 9.59 Å². The van der Waals surface area contributed by atoms with Gasteiger partial charge in [-0.05, 0) is 43.2 Å². The molecule has 1 aliphatic carbocycles. The molecule has 34 heavy (non-hydrogen) atoms. The van der Waals surface area contributed by atoms with Gasteiger partial charge in [-0.25, -0.2) is 9.67 Å². The number of carbonyl (C=O) groups is 2. The van der Waals surface area contributed by atoms with E-state index in [-0.39, 0.29) is 38.8 Å². The number of carbonyl (C=O) groups excluding carboxylic acids is 2. The predicted molar refractivity (Wildman–Crippen MR) is 118 cm³/mol. The fraction of sp³-hybridized carbons (Fsp3) is 0.238. The molecule has 178 valence electrons. The highest BCUT2D eigenvalue weighted by atomic mass is 35.5. The number of amides is 2. The highest BCUT2D eigenvalue weighted by molar-refractivity contribution is 6.32. The van der Waals surface area contributed by atoms with Crippen LogP contribution in [-0.2, 0) is 0 Å². The molecule has 0 aliphatic heterocycles. The fourth-order valence-corrected chi connectivity index (χ4v) is 3.31. The molecular weight excluding hydrogens is 498 g/mol. The first-order valence-corrected chi connectivity index (χ1v) is 10.7. The van der Waals surface area contributed by atoms with Crippen LogP contribution < -0.4 is 15.4 Å². The minimum Gasteiger partial charge on any atom is -0.467 e. The maximum atomic E-state index is 13.1. The largest absolute Gasteiger partial charge is 0.467 e. The number of hydrogen-bond acceptors (Lipinski definition) is 5. The van der Waals surface area contributed by atoms with Gasteiger partial charge in [0, 0.05) is 23.3 Å². The maximum absolute atomic E-state index is 13.1. The topological polar surface area (TPSA) is 98.1 Å². The van der Waals surface area contributed by atoms with Crippen molar-refractivity contribution in [3.05, 3.63) is 63.9 Å². The molecular formula is C21H16Cl2F3N5O3. The Hall–Kier alpha value is -3.31. The molecule has 0 spiro atoms. The van der Waals surface area contributed by atoms with E-state index in [4.69, 9.17) is 27.9 Å². The van der Waals surface area contributed by atoms with E-state index < -0.39 is 30.5 Å². The van der Waals surface area contributed by atoms with E-state index in [1.165, 1.54) is 36.5 Å². The molecule has 1 saturated carbocycles. The van der Waals surface area contributed by atoms with Crippen LogP contribution in [0.15, 0.2) is 42.6 Å². The van der Waals surface area contributed by atoms with Crippen molar-refractivity contribution >= 4 is 40.7 Å². The number of alkyl halides is 3. The van der Waals surface area contributed by atoms with E-state index in [9.17, 15) is 22.8 Å². The molecule has 1 aromatic carbocycles. The van der Waals surface area contributed by atoms with Crippen LogP contribution in [-0.4, -0.2) is 45.4 Å². The van der Waals surface area contributed by atoms with E-state index in [1.54, 1.807) is 0 Å². The van der Waals surface area contributed by atoms with Crippen LogP contribution in [0, 0.1) is 0 Å². The van der Waals surface area contributed by atoms with Gasteiger partial charge in [0.1, 0.15) is 5.69 Å². The zero-order valence-corrected chi connectivity index (χ0v) is 18.7. The lowest BCUT2D eigenvalue weighted by Gasteiger charge is -2.12. The van der Waals surface area contributed by atoms with Gasteiger partial charge in [0.05, 0.1) is 16.3 Å². The number of nitrogens with zero attached hydrogens (tertiary/aromatic N) is 3. The van der Waals surface area contributed by atoms with Gasteiger partial charge < -0.3 is 15.4 Å². The number of hydrogen-bond donors (Lipinski definition) is 2. The number of ether oxygens (including phenoxy) is 1. The fourth-order valence-electron chi connectivity index (χ4n) is 2.93. The molecule has 0 saturated heterocycles. The van der Waals surface area contributed by atoms with Gasteiger partial charge in [-0.1, -0.05) is 23.2 Å². The van der Waals surface area contributed by atoms with Gasteiger partial charge in [0.15, 0.2) is 12.4 Å². The third-order valence-electron chi connectivity index (χ3n) is 4.63. The van der Waals surface area contributed by atoms with Crippen LogP contribution in [0.4, 0.5) is 18.9 Å². The van der Waals surface area contributed by atoms with Gasteiger partial charge >= 0.3 is 6.18 Å². The summed E-state index contributed by atoms with van der Waals surface area (Å²) in [6.07, 6.45) is -1.51. The Morgan fingerprint density at radius 3 is 2.59 bits per heavy atom. The Morgan fingerprint density at radius 1 is 1.15 bits per heavy atom. The molecule has 2 amide bonds. The number of aromatic nitrogens is 3. The van der Waals surface area contributed by atoms with Crippen molar-refractivity contribution < 1.29 is 27.5 Å². The summed E-state index contributed by atoms with van der Waals surface area (Å²) in [5.41, 5.74) is 0.0506. The van der Waals surface area contributed by atoms with Gasteiger partial charge in [0.25, 0.3) is 11.8 Å². The Labute approximate surface area is 201 Å². The van der Waals surface area contributed by atoms with Crippen LogP contribution in [0.25, 0.3) is 5.82 Å². The van der Waals surface area contributed by atoms with Crippen molar-refractivity contribution in [2.45, 2.75) is 25.1 Å². The number of benzene rings is 1. The molecule has 1 aliphatic rings. The van der Waals surface area contributed by atoms with Crippen LogP contribution in [0.1, 0.15) is 33.7 Å². The zero-order valence-electron chi connectivity index (χ0n) is 17.2. The number of nitrogens with one attached hydrogen (secondary N) is 2. The lowest BCUT2D eigenvalue weighted by Crippen LogP contribution is -2.27. The Balaban J connectivity index is 1.67. The smallest absolute Gasteiger partial charge is 0.422 e. The van der Waals surface area contributed by atoms with E-state index in [2.05, 4.69) is 20.7 Å². The van der Waals surface area contributed by atoms with Crippen molar-refractivity contribution in [3.8, 4) is 11.7 Å². The standard InChI is InChI=1S/C21H16Cl2F3N5O3/c22-11-3-6-15(13(8-11)19(32)28-12-4-5-12)29-20(33)16-9-17(34-10-21(24,25)26)30-31(16)18-14(23)2-1-7-27-18/h1-3,6-9,12H,4-5,10H2,(H,28,32)(H,29,33). The quantitative estimate of drug-likeness (QED) is 0.478. The molecule has 1 fully saturated rings. The minimum absolute atomic E-state index is 0.000943. The molecule has 0 atom stereocenters. The van der Waals surface area contributed by atoms with Crippen LogP contribution in [0.5, 0.6) is 5.88 Å². The first kappa shape index (κ1) is 23.8. The second-order valence-electron chi connectivity index (χ2n) is 7.38. The highest BCUT2D eigenvalue weighted by Gasteiger charge is 2.30. The number of rotatable bonds is 7. The second-order valence-corrected chi connectivity index (χ2v) is 8.23. The van der Waals surface area contributed by atoms with Gasteiger partial charge in [-0.15, -0.1) is 5.10 Å². The van der Waals surface area contributed by atoms with Crippen molar-refractivity contribution in [1.82, 2.24) is 20.1 Å². The monoisotopic (exact) mass is 513 g/mol. The van der Waals surface area contributed by atoms with Crippen molar-refractivity contribution in [3.63, 3.8) is 0 Å². The summed E-state index contributed by atoms with van der Waals surface area (Å²) in [6.45, 7) is -1.61. The van der Waals surface area contributed by atoms with E-state index in [0.29, 0.717) is 0 Å². The summed E-state index contributed by atoms with van der Waals surface area (Å²) in [5.74, 6) is -1.68. The second kappa shape index (κ2) is 9.51. The average molecular weight is 514 g/mol. The third kappa shape index (κ3) is 5.78. The highest BCUT2D eigenvalue weighted by Crippen LogP contribution is 2.27. The molecule has 13 heteroatoms. The zero-order chi connectivity index (χ0) is 24.5. The Morgan fingerprint density at radius 2 is 1.91 bits per heavy atom. The Bertz CT molecular complexity index is 1240. The lowest BCUT2D eigenvalue weighted by atomic mass is 10.1. The summed E-state index contributed by atoms with van der Waals surface area (Å²) in [7, 11) is 0. The number of pyridine rings is 1. The van der Waals surface area contributed by atoms with Crippen LogP contribution in [0.2, 0.25) is 10.0 Å². The Kier molecular flexibility index (Phi) is 6.67. The summed E-state index contributed by atoms with van der Waals surface area (Å²) < 4.78 is 43.5. The summed E-state index contributed by atoms with van der Waals surface area (Å²) in [4.78, 5) is 29.8. The summed E-state index contributed by atoms with van der Waals surface area (Å²) in [5, 5.41) is 9.68. The number of anilines is 1. The SMILES string of the molecule is O=C(NC1CC1)c1cc(Cl)ccc1NC(=O)c1cc(OCC(F)(F)F)nn1-c1ncccc1Cl. The molecule has 3 aromatic rings. The molecule has 0 unspecified atom stereocenters. The average Bonchev–Trinajstić information content (AvgIpc) is 3.48. The molecule has 2 aromatic heterocycles. The van der Waals surface area contributed by atoms with Crippen LogP contribution >= 0.6 is 23.2 Å². The van der Waals surface area contributed by atoms with E-state index >= 15 is 0 Å². The first-order valence-electron chi connectivity index (χ1n) is 9.93.